The minimum absolute atomic E-state index is 0.127. The van der Waals surface area contributed by atoms with Crippen LogP contribution in [0.1, 0.15) is 77.6 Å². The molecule has 0 heterocycles. The van der Waals surface area contributed by atoms with Crippen molar-refractivity contribution in [1.29, 1.82) is 0 Å². The van der Waals surface area contributed by atoms with E-state index in [2.05, 4.69) is 29.9 Å². The number of ether oxygens (including phenoxy) is 1. The van der Waals surface area contributed by atoms with Crippen molar-refractivity contribution < 1.29 is 14.6 Å². The number of hydrogen-bond acceptors (Lipinski definition) is 3. The second kappa shape index (κ2) is 18.0. The van der Waals surface area contributed by atoms with Crippen molar-refractivity contribution in [2.75, 3.05) is 7.11 Å². The molecule has 0 aliphatic carbocycles. The molecular weight excluding hydrogens is 300 g/mol. The molecule has 1 unspecified atom stereocenters. The summed E-state index contributed by atoms with van der Waals surface area (Å²) in [5, 5.41) is 9.73. The van der Waals surface area contributed by atoms with Crippen LogP contribution in [-0.2, 0) is 9.53 Å². The molecule has 0 saturated carbocycles. The van der Waals surface area contributed by atoms with Gasteiger partial charge in [0.1, 0.15) is 0 Å². The molecule has 0 rings (SSSR count). The van der Waals surface area contributed by atoms with E-state index in [1.807, 2.05) is 18.2 Å². The normalized spacial score (nSPS) is 13.3. The average molecular weight is 337 g/mol. The first-order valence-electron chi connectivity index (χ1n) is 9.44. The highest BCUT2D eigenvalue weighted by Crippen LogP contribution is 2.06. The third-order valence-electron chi connectivity index (χ3n) is 3.82. The number of aliphatic hydroxyl groups is 1. The van der Waals surface area contributed by atoms with Gasteiger partial charge in [0.25, 0.3) is 0 Å². The van der Waals surface area contributed by atoms with Gasteiger partial charge in [0.2, 0.25) is 0 Å². The number of methoxy groups -OCH3 is 1. The topological polar surface area (TPSA) is 46.5 Å². The van der Waals surface area contributed by atoms with Crippen LogP contribution in [0.15, 0.2) is 36.5 Å². The van der Waals surface area contributed by atoms with Crippen LogP contribution in [-0.4, -0.2) is 24.3 Å². The first-order chi connectivity index (χ1) is 11.7. The lowest BCUT2D eigenvalue weighted by molar-refractivity contribution is -0.140. The molecule has 0 aliphatic rings. The number of rotatable bonds is 15. The van der Waals surface area contributed by atoms with E-state index in [4.69, 9.17) is 0 Å². The molecule has 0 fully saturated rings. The molecule has 0 aromatic rings. The molecule has 1 N–H and O–H groups in total. The zero-order chi connectivity index (χ0) is 17.9. The Morgan fingerprint density at radius 3 is 2.29 bits per heavy atom. The third kappa shape index (κ3) is 17.0. The van der Waals surface area contributed by atoms with E-state index in [0.717, 1.165) is 38.5 Å². The molecule has 0 radical (unpaired) electrons. The van der Waals surface area contributed by atoms with Gasteiger partial charge in [-0.1, -0.05) is 62.6 Å². The van der Waals surface area contributed by atoms with Gasteiger partial charge in [0.05, 0.1) is 13.2 Å². The van der Waals surface area contributed by atoms with Crippen molar-refractivity contribution >= 4 is 5.97 Å². The molecular formula is C21H36O3. The molecule has 3 heteroatoms. The highest BCUT2D eigenvalue weighted by atomic mass is 16.5. The Bertz CT molecular complexity index is 369. The summed E-state index contributed by atoms with van der Waals surface area (Å²) in [7, 11) is 1.43. The molecule has 0 amide bonds. The summed E-state index contributed by atoms with van der Waals surface area (Å²) in [6.45, 7) is 2.17. The van der Waals surface area contributed by atoms with Gasteiger partial charge in [-0.2, -0.15) is 0 Å². The third-order valence-corrected chi connectivity index (χ3v) is 3.82. The lowest BCUT2D eigenvalue weighted by Gasteiger charge is -2.03. The van der Waals surface area contributed by atoms with Crippen LogP contribution < -0.4 is 0 Å². The number of carbonyl (C=O) groups excluding carboxylic acids is 1. The van der Waals surface area contributed by atoms with E-state index in [-0.39, 0.29) is 12.1 Å². The quantitative estimate of drug-likeness (QED) is 0.186. The Balaban J connectivity index is 3.44. The van der Waals surface area contributed by atoms with Crippen LogP contribution in [0.3, 0.4) is 0 Å². The second-order valence-electron chi connectivity index (χ2n) is 6.10. The van der Waals surface area contributed by atoms with Gasteiger partial charge in [-0.3, -0.25) is 4.79 Å². The molecule has 0 bridgehead atoms. The lowest BCUT2D eigenvalue weighted by Crippen LogP contribution is -2.00. The molecule has 24 heavy (non-hydrogen) atoms. The van der Waals surface area contributed by atoms with Gasteiger partial charge >= 0.3 is 5.97 Å². The minimum atomic E-state index is -0.300. The summed E-state index contributed by atoms with van der Waals surface area (Å²) >= 11 is 0. The predicted octanol–water partition coefficient (Wildman–Crippen LogP) is 5.50. The summed E-state index contributed by atoms with van der Waals surface area (Å²) in [6, 6.07) is 0. The summed E-state index contributed by atoms with van der Waals surface area (Å²) in [5.41, 5.74) is 0. The Hall–Kier alpha value is -1.35. The second-order valence-corrected chi connectivity index (χ2v) is 6.10. The van der Waals surface area contributed by atoms with Crippen LogP contribution >= 0.6 is 0 Å². The first-order valence-corrected chi connectivity index (χ1v) is 9.44. The predicted molar refractivity (Wildman–Crippen MR) is 102 cm³/mol. The highest BCUT2D eigenvalue weighted by molar-refractivity contribution is 5.68. The minimum Gasteiger partial charge on any atom is -0.469 e. The Kier molecular flexibility index (Phi) is 17.0. The van der Waals surface area contributed by atoms with Crippen LogP contribution in [0.2, 0.25) is 0 Å². The molecule has 0 spiro atoms. The van der Waals surface area contributed by atoms with Crippen LogP contribution in [0.25, 0.3) is 0 Å². The number of unbranched alkanes of at least 4 members (excludes halogenated alkanes) is 6. The molecule has 138 valence electrons. The number of carbonyl (C=O) groups is 1. The van der Waals surface area contributed by atoms with E-state index in [9.17, 15) is 9.90 Å². The fourth-order valence-electron chi connectivity index (χ4n) is 2.29. The fourth-order valence-corrected chi connectivity index (χ4v) is 2.29. The van der Waals surface area contributed by atoms with Gasteiger partial charge in [-0.25, -0.2) is 0 Å². The van der Waals surface area contributed by atoms with Gasteiger partial charge in [-0.15, -0.1) is 0 Å². The number of esters is 1. The summed E-state index contributed by atoms with van der Waals surface area (Å²) in [6.07, 6.45) is 23.3. The summed E-state index contributed by atoms with van der Waals surface area (Å²) < 4.78 is 4.60. The molecule has 0 saturated heterocycles. The summed E-state index contributed by atoms with van der Waals surface area (Å²) in [4.78, 5) is 10.9. The van der Waals surface area contributed by atoms with Crippen molar-refractivity contribution in [3.63, 3.8) is 0 Å². The standard InChI is InChI=1S/C21H36O3/c1-3-4-14-17-20(22)18-15-12-10-8-6-5-7-9-11-13-16-19-21(23)24-2/h9-12,15,18,20,22H,3-8,13-14,16-17,19H2,1-2H3/b11-9+,12-10+,18-15+. The first kappa shape index (κ1) is 22.6. The SMILES string of the molecule is CCCCCC(O)/C=C/C=C/CCCC/C=C/CCCC(=O)OC. The van der Waals surface area contributed by atoms with Crippen molar-refractivity contribution in [3.8, 4) is 0 Å². The van der Waals surface area contributed by atoms with E-state index < -0.39 is 0 Å². The van der Waals surface area contributed by atoms with Crippen LogP contribution in [0.5, 0.6) is 0 Å². The van der Waals surface area contributed by atoms with Gasteiger partial charge in [-0.05, 0) is 44.9 Å². The van der Waals surface area contributed by atoms with Crippen LogP contribution in [0.4, 0.5) is 0 Å². The van der Waals surface area contributed by atoms with E-state index in [1.165, 1.54) is 32.8 Å². The fraction of sp³-hybridized carbons (Fsp3) is 0.667. The van der Waals surface area contributed by atoms with Gasteiger partial charge in [0, 0.05) is 6.42 Å². The number of allylic oxidation sites excluding steroid dienone is 5. The van der Waals surface area contributed by atoms with Crippen molar-refractivity contribution in [2.45, 2.75) is 83.7 Å². The van der Waals surface area contributed by atoms with Crippen molar-refractivity contribution in [2.24, 2.45) is 0 Å². The monoisotopic (exact) mass is 336 g/mol. The van der Waals surface area contributed by atoms with Crippen LogP contribution in [0, 0.1) is 0 Å². The molecule has 1 atom stereocenters. The maximum absolute atomic E-state index is 10.9. The average Bonchev–Trinajstić information content (AvgIpc) is 2.58. The van der Waals surface area contributed by atoms with Crippen molar-refractivity contribution in [3.05, 3.63) is 36.5 Å². The lowest BCUT2D eigenvalue weighted by atomic mass is 10.1. The summed E-state index contributed by atoms with van der Waals surface area (Å²) in [5.74, 6) is -0.127. The van der Waals surface area contributed by atoms with Gasteiger partial charge < -0.3 is 9.84 Å². The highest BCUT2D eigenvalue weighted by Gasteiger charge is 1.97. The van der Waals surface area contributed by atoms with E-state index in [0.29, 0.717) is 6.42 Å². The number of hydrogen-bond donors (Lipinski definition) is 1. The smallest absolute Gasteiger partial charge is 0.305 e. The Labute approximate surface area is 148 Å². The zero-order valence-corrected chi connectivity index (χ0v) is 15.6. The molecule has 3 nitrogen and oxygen atoms in total. The molecule has 0 aromatic heterocycles. The maximum atomic E-state index is 10.9. The number of aliphatic hydroxyl groups excluding tert-OH is 1. The van der Waals surface area contributed by atoms with Gasteiger partial charge in [0.15, 0.2) is 0 Å². The zero-order valence-electron chi connectivity index (χ0n) is 15.6. The maximum Gasteiger partial charge on any atom is 0.305 e. The molecule has 0 aromatic carbocycles. The molecule has 0 aliphatic heterocycles. The largest absolute Gasteiger partial charge is 0.469 e. The Morgan fingerprint density at radius 1 is 0.958 bits per heavy atom. The van der Waals surface area contributed by atoms with Crippen molar-refractivity contribution in [1.82, 2.24) is 0 Å². The Morgan fingerprint density at radius 2 is 1.62 bits per heavy atom. The van der Waals surface area contributed by atoms with E-state index in [1.54, 1.807) is 0 Å². The van der Waals surface area contributed by atoms with E-state index >= 15 is 0 Å².